The van der Waals surface area contributed by atoms with E-state index in [0.717, 1.165) is 10.2 Å². The Kier molecular flexibility index (Phi) is 5.50. The second-order valence-electron chi connectivity index (χ2n) is 3.43. The van der Waals surface area contributed by atoms with Crippen LogP contribution in [-0.2, 0) is 4.79 Å². The number of nitrogens with one attached hydrogen (secondary N) is 2. The van der Waals surface area contributed by atoms with E-state index in [1.807, 2.05) is 19.1 Å². The Morgan fingerprint density at radius 3 is 2.94 bits per heavy atom. The minimum Gasteiger partial charge on any atom is -0.383 e. The van der Waals surface area contributed by atoms with Crippen LogP contribution in [0.4, 0.5) is 5.69 Å². The van der Waals surface area contributed by atoms with Crippen molar-refractivity contribution in [2.45, 2.75) is 13.3 Å². The van der Waals surface area contributed by atoms with Crippen molar-refractivity contribution < 1.29 is 4.79 Å². The summed E-state index contributed by atoms with van der Waals surface area (Å²) < 4.78 is 0.864. The van der Waals surface area contributed by atoms with Gasteiger partial charge in [0, 0.05) is 24.0 Å². The molecule has 0 atom stereocenters. The fourth-order valence-electron chi connectivity index (χ4n) is 1.36. The number of hydrogen-bond acceptors (Lipinski definition) is 3. The van der Waals surface area contributed by atoms with Gasteiger partial charge in [-0.25, -0.2) is 0 Å². The van der Waals surface area contributed by atoms with Crippen molar-refractivity contribution in [1.82, 2.24) is 5.32 Å². The first-order valence-corrected chi connectivity index (χ1v) is 6.17. The van der Waals surface area contributed by atoms with Crippen LogP contribution in [0.15, 0.2) is 22.7 Å². The summed E-state index contributed by atoms with van der Waals surface area (Å²) in [4.78, 5) is 11.2. The maximum Gasteiger partial charge on any atom is 0.221 e. The lowest BCUT2D eigenvalue weighted by Gasteiger charge is -2.08. The van der Waals surface area contributed by atoms with Crippen molar-refractivity contribution >= 4 is 27.5 Å². The van der Waals surface area contributed by atoms with Gasteiger partial charge in [0.15, 0.2) is 0 Å². The highest BCUT2D eigenvalue weighted by atomic mass is 79.9. The highest BCUT2D eigenvalue weighted by Gasteiger charge is 2.03. The first-order valence-electron chi connectivity index (χ1n) is 5.37. The molecule has 0 saturated heterocycles. The highest BCUT2D eigenvalue weighted by molar-refractivity contribution is 9.10. The van der Waals surface area contributed by atoms with Gasteiger partial charge < -0.3 is 10.6 Å². The summed E-state index contributed by atoms with van der Waals surface area (Å²) in [6.45, 7) is 3.04. The number of amides is 1. The van der Waals surface area contributed by atoms with Gasteiger partial charge in [-0.15, -0.1) is 0 Å². The molecule has 0 fully saturated rings. The highest BCUT2D eigenvalue weighted by Crippen LogP contribution is 2.20. The molecule has 5 heteroatoms. The minimum atomic E-state index is 0.00983. The molecular formula is C12H14BrN3O. The van der Waals surface area contributed by atoms with Crippen LogP contribution in [0.2, 0.25) is 0 Å². The molecule has 1 aromatic carbocycles. The average Bonchev–Trinajstić information content (AvgIpc) is 2.31. The monoisotopic (exact) mass is 295 g/mol. The van der Waals surface area contributed by atoms with Crippen LogP contribution in [0.1, 0.15) is 18.9 Å². The Morgan fingerprint density at radius 2 is 2.29 bits per heavy atom. The van der Waals surface area contributed by atoms with Crippen molar-refractivity contribution in [3.05, 3.63) is 28.2 Å². The molecule has 0 radical (unpaired) electrons. The molecule has 2 N–H and O–H groups in total. The molecule has 4 nitrogen and oxygen atoms in total. The molecule has 0 unspecified atom stereocenters. The Labute approximate surface area is 109 Å². The number of carbonyl (C=O) groups is 1. The van der Waals surface area contributed by atoms with Gasteiger partial charge >= 0.3 is 0 Å². The lowest BCUT2D eigenvalue weighted by atomic mass is 10.2. The predicted octanol–water partition coefficient (Wildman–Crippen LogP) is 2.26. The third-order valence-electron chi connectivity index (χ3n) is 2.14. The quantitative estimate of drug-likeness (QED) is 0.876. The second kappa shape index (κ2) is 6.92. The number of rotatable bonds is 5. The van der Waals surface area contributed by atoms with Gasteiger partial charge in [-0.05, 0) is 25.1 Å². The van der Waals surface area contributed by atoms with E-state index in [-0.39, 0.29) is 5.91 Å². The summed E-state index contributed by atoms with van der Waals surface area (Å²) in [7, 11) is 0. The van der Waals surface area contributed by atoms with Crippen LogP contribution in [0.3, 0.4) is 0 Å². The molecule has 0 aliphatic carbocycles. The number of carbonyl (C=O) groups excluding carboxylic acids is 1. The summed E-state index contributed by atoms with van der Waals surface area (Å²) in [5.41, 5.74) is 1.32. The molecule has 0 heterocycles. The average molecular weight is 296 g/mol. The summed E-state index contributed by atoms with van der Waals surface area (Å²) in [6.07, 6.45) is 0.398. The van der Waals surface area contributed by atoms with E-state index < -0.39 is 0 Å². The molecule has 0 aromatic heterocycles. The van der Waals surface area contributed by atoms with E-state index in [0.29, 0.717) is 25.1 Å². The minimum absolute atomic E-state index is 0.00983. The van der Waals surface area contributed by atoms with E-state index in [2.05, 4.69) is 32.6 Å². The molecule has 17 heavy (non-hydrogen) atoms. The Balaban J connectivity index is 2.52. The smallest absolute Gasteiger partial charge is 0.221 e. The number of hydrogen-bond donors (Lipinski definition) is 2. The Hall–Kier alpha value is -1.54. The van der Waals surface area contributed by atoms with Crippen LogP contribution in [-0.4, -0.2) is 19.0 Å². The van der Waals surface area contributed by atoms with Gasteiger partial charge in [0.2, 0.25) is 5.91 Å². The van der Waals surface area contributed by atoms with Gasteiger partial charge in [0.05, 0.1) is 11.3 Å². The second-order valence-corrected chi connectivity index (χ2v) is 4.35. The predicted molar refractivity (Wildman–Crippen MR) is 70.6 cm³/mol. The maximum absolute atomic E-state index is 11.2. The molecular weight excluding hydrogens is 282 g/mol. The first-order chi connectivity index (χ1) is 8.17. The van der Waals surface area contributed by atoms with Crippen molar-refractivity contribution in [3.8, 4) is 6.07 Å². The van der Waals surface area contributed by atoms with Crippen LogP contribution < -0.4 is 10.6 Å². The topological polar surface area (TPSA) is 64.9 Å². The van der Waals surface area contributed by atoms with Gasteiger partial charge in [-0.1, -0.05) is 15.9 Å². The number of nitriles is 1. The number of anilines is 1. The zero-order valence-corrected chi connectivity index (χ0v) is 11.2. The molecule has 0 aliphatic rings. The largest absolute Gasteiger partial charge is 0.383 e. The van der Waals surface area contributed by atoms with Crippen molar-refractivity contribution in [3.63, 3.8) is 0 Å². The summed E-state index contributed by atoms with van der Waals surface area (Å²) in [5.74, 6) is 0.00983. The molecule has 0 bridgehead atoms. The van der Waals surface area contributed by atoms with Gasteiger partial charge in [-0.3, -0.25) is 4.79 Å². The van der Waals surface area contributed by atoms with Crippen LogP contribution in [0.25, 0.3) is 0 Å². The third kappa shape index (κ3) is 4.45. The molecule has 90 valence electrons. The summed E-state index contributed by atoms with van der Waals surface area (Å²) >= 11 is 3.31. The van der Waals surface area contributed by atoms with E-state index in [9.17, 15) is 4.79 Å². The third-order valence-corrected chi connectivity index (χ3v) is 2.64. The van der Waals surface area contributed by atoms with Crippen LogP contribution in [0, 0.1) is 11.3 Å². The Bertz CT molecular complexity index is 440. The zero-order valence-electron chi connectivity index (χ0n) is 9.59. The maximum atomic E-state index is 11.2. The first kappa shape index (κ1) is 13.5. The summed E-state index contributed by atoms with van der Waals surface area (Å²) in [5, 5.41) is 14.7. The van der Waals surface area contributed by atoms with Crippen molar-refractivity contribution in [2.24, 2.45) is 0 Å². The molecule has 1 rings (SSSR count). The Morgan fingerprint density at radius 1 is 1.53 bits per heavy atom. The van der Waals surface area contributed by atoms with Crippen molar-refractivity contribution in [2.75, 3.05) is 18.4 Å². The number of benzene rings is 1. The molecule has 0 spiro atoms. The normalized spacial score (nSPS) is 9.47. The van der Waals surface area contributed by atoms with E-state index >= 15 is 0 Å². The SMILES string of the molecule is CCNC(=O)CCNc1ccc(Br)cc1C#N. The molecule has 0 aliphatic heterocycles. The van der Waals surface area contributed by atoms with Gasteiger partial charge in [-0.2, -0.15) is 5.26 Å². The molecule has 1 amide bonds. The lowest BCUT2D eigenvalue weighted by molar-refractivity contribution is -0.120. The standard InChI is InChI=1S/C12H14BrN3O/c1-2-15-12(17)5-6-16-11-4-3-10(13)7-9(11)8-14/h3-4,7,16H,2,5-6H2,1H3,(H,15,17). The zero-order chi connectivity index (χ0) is 12.7. The van der Waals surface area contributed by atoms with Gasteiger partial charge in [0.25, 0.3) is 0 Å². The van der Waals surface area contributed by atoms with Crippen molar-refractivity contribution in [1.29, 1.82) is 5.26 Å². The fourth-order valence-corrected chi connectivity index (χ4v) is 1.72. The van der Waals surface area contributed by atoms with E-state index in [4.69, 9.17) is 5.26 Å². The molecule has 1 aromatic rings. The lowest BCUT2D eigenvalue weighted by Crippen LogP contribution is -2.24. The molecule has 0 saturated carbocycles. The number of halogens is 1. The van der Waals surface area contributed by atoms with E-state index in [1.165, 1.54) is 0 Å². The van der Waals surface area contributed by atoms with Crippen LogP contribution in [0.5, 0.6) is 0 Å². The number of nitrogens with zero attached hydrogens (tertiary/aromatic N) is 1. The van der Waals surface area contributed by atoms with Crippen LogP contribution >= 0.6 is 15.9 Å². The fraction of sp³-hybridized carbons (Fsp3) is 0.333. The van der Waals surface area contributed by atoms with E-state index in [1.54, 1.807) is 6.07 Å². The summed E-state index contributed by atoms with van der Waals surface area (Å²) in [6, 6.07) is 7.53. The van der Waals surface area contributed by atoms with Gasteiger partial charge in [0.1, 0.15) is 6.07 Å².